The topological polar surface area (TPSA) is 66.9 Å². The number of likely N-dealkylation sites (N-methyl/N-ethyl adjacent to an activating group) is 1. The quantitative estimate of drug-likeness (QED) is 0.625. The molecule has 0 N–H and O–H groups in total. The van der Waals surface area contributed by atoms with Gasteiger partial charge in [-0.05, 0) is 68.4 Å². The molecule has 168 valence electrons. The number of nitrogens with zero attached hydrogens (tertiary/aromatic N) is 2. The number of amides is 1. The van der Waals surface area contributed by atoms with Gasteiger partial charge < -0.3 is 9.64 Å². The first-order chi connectivity index (χ1) is 14.8. The molecule has 0 atom stereocenters. The Hall–Kier alpha value is -2.38. The molecule has 1 amide bonds. The average Bonchev–Trinajstić information content (AvgIpc) is 2.76. The molecule has 0 aromatic heterocycles. The molecule has 2 aromatic rings. The van der Waals surface area contributed by atoms with Gasteiger partial charge in [0.2, 0.25) is 15.9 Å². The molecule has 0 saturated carbocycles. The number of ether oxygens (including phenoxy) is 1. The fraction of sp³-hybridized carbons (Fsp3) is 0.458. The molecule has 1 saturated heterocycles. The maximum absolute atomic E-state index is 12.9. The van der Waals surface area contributed by atoms with E-state index in [4.69, 9.17) is 4.74 Å². The highest BCUT2D eigenvalue weighted by Crippen LogP contribution is 2.25. The molecular weight excluding hydrogens is 412 g/mol. The molecule has 3 rings (SSSR count). The fourth-order valence-electron chi connectivity index (χ4n) is 3.99. The number of hydrogen-bond donors (Lipinski definition) is 0. The summed E-state index contributed by atoms with van der Waals surface area (Å²) in [6.45, 7) is 5.41. The zero-order chi connectivity index (χ0) is 22.4. The lowest BCUT2D eigenvalue weighted by atomic mass is 9.90. The average molecular weight is 445 g/mol. The van der Waals surface area contributed by atoms with E-state index in [1.165, 1.54) is 18.7 Å². The monoisotopic (exact) mass is 444 g/mol. The van der Waals surface area contributed by atoms with Gasteiger partial charge in [0.1, 0.15) is 5.75 Å². The Labute approximate surface area is 185 Å². The summed E-state index contributed by atoms with van der Waals surface area (Å²) in [6, 6.07) is 15.2. The van der Waals surface area contributed by atoms with Crippen LogP contribution in [0.3, 0.4) is 0 Å². The predicted molar refractivity (Wildman–Crippen MR) is 122 cm³/mol. The summed E-state index contributed by atoms with van der Waals surface area (Å²) in [5.74, 6) is 1.07. The first kappa shape index (κ1) is 23.3. The van der Waals surface area contributed by atoms with Crippen LogP contribution in [0.25, 0.3) is 0 Å². The van der Waals surface area contributed by atoms with E-state index in [2.05, 4.69) is 24.3 Å². The standard InChI is InChI=1S/C24H32N2O4S/c1-4-30-23-11-10-22(16-19(23)2)31(28,29)25(3)18-24(27)26-14-12-21(13-15-26)17-20-8-6-5-7-9-20/h5-11,16,21H,4,12-15,17-18H2,1-3H3. The maximum Gasteiger partial charge on any atom is 0.243 e. The molecule has 0 aliphatic carbocycles. The summed E-state index contributed by atoms with van der Waals surface area (Å²) < 4.78 is 32.5. The van der Waals surface area contributed by atoms with Crippen molar-refractivity contribution in [3.8, 4) is 5.75 Å². The second kappa shape index (κ2) is 10.3. The second-order valence-corrected chi connectivity index (χ2v) is 10.2. The number of rotatable bonds is 8. The molecule has 7 heteroatoms. The second-order valence-electron chi connectivity index (χ2n) is 8.14. The van der Waals surface area contributed by atoms with Crippen molar-refractivity contribution in [1.29, 1.82) is 0 Å². The molecule has 0 unspecified atom stereocenters. The summed E-state index contributed by atoms with van der Waals surface area (Å²) in [7, 11) is -2.29. The van der Waals surface area contributed by atoms with E-state index < -0.39 is 10.0 Å². The third kappa shape index (κ3) is 5.86. The molecule has 6 nitrogen and oxygen atoms in total. The third-order valence-electron chi connectivity index (χ3n) is 5.85. The number of sulfonamides is 1. The first-order valence-corrected chi connectivity index (χ1v) is 12.3. The predicted octanol–water partition coefficient (Wildman–Crippen LogP) is 3.50. The number of piperidine rings is 1. The number of carbonyl (C=O) groups excluding carboxylic acids is 1. The van der Waals surface area contributed by atoms with Gasteiger partial charge in [-0.2, -0.15) is 4.31 Å². The maximum atomic E-state index is 12.9. The summed E-state index contributed by atoms with van der Waals surface area (Å²) in [5.41, 5.74) is 2.08. The summed E-state index contributed by atoms with van der Waals surface area (Å²) in [4.78, 5) is 14.7. The highest BCUT2D eigenvalue weighted by molar-refractivity contribution is 7.89. The van der Waals surface area contributed by atoms with Gasteiger partial charge in [0.05, 0.1) is 18.0 Å². The third-order valence-corrected chi connectivity index (χ3v) is 7.65. The first-order valence-electron chi connectivity index (χ1n) is 10.8. The molecule has 2 aromatic carbocycles. The Morgan fingerprint density at radius 3 is 2.42 bits per heavy atom. The Morgan fingerprint density at radius 2 is 1.81 bits per heavy atom. The molecule has 1 aliphatic rings. The minimum Gasteiger partial charge on any atom is -0.494 e. The Morgan fingerprint density at radius 1 is 1.13 bits per heavy atom. The molecule has 0 spiro atoms. The fourth-order valence-corrected chi connectivity index (χ4v) is 5.20. The van der Waals surface area contributed by atoms with Gasteiger partial charge in [-0.1, -0.05) is 30.3 Å². The Bertz CT molecular complexity index is 984. The van der Waals surface area contributed by atoms with Crippen LogP contribution in [-0.2, 0) is 21.2 Å². The van der Waals surface area contributed by atoms with Crippen LogP contribution in [0, 0.1) is 12.8 Å². The van der Waals surface area contributed by atoms with Gasteiger partial charge >= 0.3 is 0 Å². The number of carbonyl (C=O) groups is 1. The lowest BCUT2D eigenvalue weighted by molar-refractivity contribution is -0.132. The normalized spacial score (nSPS) is 15.3. The smallest absolute Gasteiger partial charge is 0.243 e. The van der Waals surface area contributed by atoms with Gasteiger partial charge in [-0.3, -0.25) is 4.79 Å². The van der Waals surface area contributed by atoms with Crippen LogP contribution in [0.4, 0.5) is 0 Å². The number of benzene rings is 2. The van der Waals surface area contributed by atoms with Gasteiger partial charge in [0, 0.05) is 20.1 Å². The molecule has 1 heterocycles. The van der Waals surface area contributed by atoms with E-state index in [9.17, 15) is 13.2 Å². The lowest BCUT2D eigenvalue weighted by Gasteiger charge is -2.33. The molecule has 1 aliphatic heterocycles. The number of aryl methyl sites for hydroxylation is 1. The van der Waals surface area contributed by atoms with Crippen molar-refractivity contribution in [2.75, 3.05) is 33.3 Å². The molecule has 1 fully saturated rings. The SMILES string of the molecule is CCOc1ccc(S(=O)(=O)N(C)CC(=O)N2CCC(Cc3ccccc3)CC2)cc1C. The molecule has 31 heavy (non-hydrogen) atoms. The van der Waals surface area contributed by atoms with Crippen molar-refractivity contribution in [2.24, 2.45) is 5.92 Å². The zero-order valence-corrected chi connectivity index (χ0v) is 19.4. The highest BCUT2D eigenvalue weighted by Gasteiger charge is 2.28. The van der Waals surface area contributed by atoms with Crippen LogP contribution in [0.15, 0.2) is 53.4 Å². The largest absolute Gasteiger partial charge is 0.494 e. The van der Waals surface area contributed by atoms with Gasteiger partial charge in [0.15, 0.2) is 0 Å². The van der Waals surface area contributed by atoms with E-state index in [-0.39, 0.29) is 17.3 Å². The number of hydrogen-bond acceptors (Lipinski definition) is 4. The van der Waals surface area contributed by atoms with E-state index in [1.54, 1.807) is 17.0 Å². The van der Waals surface area contributed by atoms with Crippen LogP contribution >= 0.6 is 0 Å². The Kier molecular flexibility index (Phi) is 7.73. The van der Waals surface area contributed by atoms with Gasteiger partial charge in [-0.15, -0.1) is 0 Å². The minimum atomic E-state index is -3.75. The van der Waals surface area contributed by atoms with E-state index in [0.29, 0.717) is 31.4 Å². The van der Waals surface area contributed by atoms with Crippen molar-refractivity contribution in [3.05, 3.63) is 59.7 Å². The highest BCUT2D eigenvalue weighted by atomic mass is 32.2. The lowest BCUT2D eigenvalue weighted by Crippen LogP contribution is -2.44. The molecular formula is C24H32N2O4S. The van der Waals surface area contributed by atoms with Crippen LogP contribution in [0.5, 0.6) is 5.75 Å². The van der Waals surface area contributed by atoms with Crippen molar-refractivity contribution < 1.29 is 17.9 Å². The number of likely N-dealkylation sites (tertiary alicyclic amines) is 1. The van der Waals surface area contributed by atoms with E-state index in [1.807, 2.05) is 19.9 Å². The van der Waals surface area contributed by atoms with Crippen LogP contribution in [-0.4, -0.2) is 56.8 Å². The van der Waals surface area contributed by atoms with Crippen molar-refractivity contribution in [2.45, 2.75) is 38.0 Å². The summed E-state index contributed by atoms with van der Waals surface area (Å²) in [6.07, 6.45) is 2.90. The van der Waals surface area contributed by atoms with Crippen molar-refractivity contribution in [3.63, 3.8) is 0 Å². The van der Waals surface area contributed by atoms with Crippen LogP contribution in [0.2, 0.25) is 0 Å². The van der Waals surface area contributed by atoms with E-state index in [0.717, 1.165) is 29.1 Å². The van der Waals surface area contributed by atoms with Crippen LogP contribution < -0.4 is 4.74 Å². The van der Waals surface area contributed by atoms with E-state index >= 15 is 0 Å². The molecule has 0 radical (unpaired) electrons. The zero-order valence-electron chi connectivity index (χ0n) is 18.6. The molecule has 0 bridgehead atoms. The summed E-state index contributed by atoms with van der Waals surface area (Å²) >= 11 is 0. The van der Waals surface area contributed by atoms with Crippen molar-refractivity contribution in [1.82, 2.24) is 9.21 Å². The Balaban J connectivity index is 1.56. The minimum absolute atomic E-state index is 0.146. The summed E-state index contributed by atoms with van der Waals surface area (Å²) in [5, 5.41) is 0. The van der Waals surface area contributed by atoms with Crippen LogP contribution in [0.1, 0.15) is 30.9 Å². The van der Waals surface area contributed by atoms with Gasteiger partial charge in [-0.25, -0.2) is 8.42 Å². The van der Waals surface area contributed by atoms with Crippen molar-refractivity contribution >= 4 is 15.9 Å². The van der Waals surface area contributed by atoms with Gasteiger partial charge in [0.25, 0.3) is 0 Å².